The predicted octanol–water partition coefficient (Wildman–Crippen LogP) is 0.678. The zero-order valence-corrected chi connectivity index (χ0v) is 6.01. The molecule has 0 amide bonds. The third kappa shape index (κ3) is 0.876. The van der Waals surface area contributed by atoms with Crippen LogP contribution in [0.5, 0.6) is 0 Å². The maximum atomic E-state index is 5.29. The molecule has 0 aromatic heterocycles. The van der Waals surface area contributed by atoms with Crippen LogP contribution < -0.4 is 0 Å². The molecule has 9 heavy (non-hydrogen) atoms. The molecule has 0 aromatic rings. The lowest BCUT2D eigenvalue weighted by molar-refractivity contribution is -0.0904. The largest absolute Gasteiger partial charge is 0.352 e. The Balaban J connectivity index is 2.07. The van der Waals surface area contributed by atoms with Gasteiger partial charge >= 0.3 is 0 Å². The molecule has 0 aromatic carbocycles. The Labute approximate surface area is 59.9 Å². The van der Waals surface area contributed by atoms with E-state index in [1.165, 1.54) is 0 Å². The van der Waals surface area contributed by atoms with Gasteiger partial charge in [0.05, 0.1) is 13.2 Å². The van der Waals surface area contributed by atoms with E-state index in [0.717, 1.165) is 19.6 Å². The number of hydrogen-bond acceptors (Lipinski definition) is 3. The minimum Gasteiger partial charge on any atom is -0.352 e. The molecule has 0 unspecified atom stereocenters. The van der Waals surface area contributed by atoms with E-state index in [1.54, 1.807) is 0 Å². The van der Waals surface area contributed by atoms with Gasteiger partial charge in [0.25, 0.3) is 0 Å². The molecule has 2 aliphatic rings. The SMILES string of the molecule is S[C@H]1CO[C@H]2OCC[C@H]21. The van der Waals surface area contributed by atoms with Crippen LogP contribution in [0.3, 0.4) is 0 Å². The van der Waals surface area contributed by atoms with E-state index in [9.17, 15) is 0 Å². The quantitative estimate of drug-likeness (QED) is 0.506. The zero-order valence-electron chi connectivity index (χ0n) is 5.12. The van der Waals surface area contributed by atoms with E-state index in [2.05, 4.69) is 12.6 Å². The van der Waals surface area contributed by atoms with E-state index in [-0.39, 0.29) is 6.29 Å². The second-order valence-electron chi connectivity index (χ2n) is 2.59. The van der Waals surface area contributed by atoms with Gasteiger partial charge in [-0.2, -0.15) is 12.6 Å². The van der Waals surface area contributed by atoms with Crippen molar-refractivity contribution in [2.45, 2.75) is 18.0 Å². The van der Waals surface area contributed by atoms with Gasteiger partial charge in [-0.15, -0.1) is 0 Å². The van der Waals surface area contributed by atoms with Crippen molar-refractivity contribution in [3.05, 3.63) is 0 Å². The van der Waals surface area contributed by atoms with Crippen molar-refractivity contribution in [3.8, 4) is 0 Å². The van der Waals surface area contributed by atoms with Gasteiger partial charge in [-0.05, 0) is 6.42 Å². The second kappa shape index (κ2) is 2.15. The zero-order chi connectivity index (χ0) is 6.27. The van der Waals surface area contributed by atoms with Gasteiger partial charge in [0.15, 0.2) is 6.29 Å². The molecular weight excluding hydrogens is 136 g/mol. The van der Waals surface area contributed by atoms with Crippen LogP contribution in [0, 0.1) is 5.92 Å². The van der Waals surface area contributed by atoms with Crippen LogP contribution in [0.1, 0.15) is 6.42 Å². The summed E-state index contributed by atoms with van der Waals surface area (Å²) in [5.41, 5.74) is 0. The van der Waals surface area contributed by atoms with Crippen molar-refractivity contribution >= 4 is 12.6 Å². The highest BCUT2D eigenvalue weighted by atomic mass is 32.1. The summed E-state index contributed by atoms with van der Waals surface area (Å²) >= 11 is 4.36. The van der Waals surface area contributed by atoms with E-state index < -0.39 is 0 Å². The van der Waals surface area contributed by atoms with E-state index >= 15 is 0 Å². The monoisotopic (exact) mass is 146 g/mol. The number of hydrogen-bond donors (Lipinski definition) is 1. The third-order valence-corrected chi connectivity index (χ3v) is 2.54. The fraction of sp³-hybridized carbons (Fsp3) is 1.00. The van der Waals surface area contributed by atoms with Crippen LogP contribution in [0.25, 0.3) is 0 Å². The second-order valence-corrected chi connectivity index (χ2v) is 3.26. The number of rotatable bonds is 0. The summed E-state index contributed by atoms with van der Waals surface area (Å²) in [4.78, 5) is 0. The first kappa shape index (κ1) is 6.01. The lowest BCUT2D eigenvalue weighted by Crippen LogP contribution is -2.14. The Hall–Kier alpha value is 0.270. The Morgan fingerprint density at radius 1 is 1.33 bits per heavy atom. The minimum absolute atomic E-state index is 0.0764. The Bertz CT molecular complexity index is 118. The van der Waals surface area contributed by atoms with Gasteiger partial charge < -0.3 is 9.47 Å². The van der Waals surface area contributed by atoms with E-state index in [0.29, 0.717) is 11.2 Å². The molecule has 3 atom stereocenters. The highest BCUT2D eigenvalue weighted by molar-refractivity contribution is 7.81. The van der Waals surface area contributed by atoms with Crippen molar-refractivity contribution in [3.63, 3.8) is 0 Å². The van der Waals surface area contributed by atoms with E-state index in [4.69, 9.17) is 9.47 Å². The number of ether oxygens (including phenoxy) is 2. The first-order valence-electron chi connectivity index (χ1n) is 3.29. The molecule has 2 heterocycles. The fourth-order valence-corrected chi connectivity index (χ4v) is 1.82. The maximum Gasteiger partial charge on any atom is 0.161 e. The van der Waals surface area contributed by atoms with Crippen molar-refractivity contribution in [1.29, 1.82) is 0 Å². The van der Waals surface area contributed by atoms with Gasteiger partial charge in [-0.3, -0.25) is 0 Å². The number of fused-ring (bicyclic) bond motifs is 1. The molecule has 0 saturated carbocycles. The van der Waals surface area contributed by atoms with Crippen LogP contribution in [-0.4, -0.2) is 24.8 Å². The van der Waals surface area contributed by atoms with Crippen LogP contribution >= 0.6 is 12.6 Å². The molecule has 2 aliphatic heterocycles. The fourth-order valence-electron chi connectivity index (χ4n) is 1.44. The van der Waals surface area contributed by atoms with Crippen molar-refractivity contribution in [1.82, 2.24) is 0 Å². The summed E-state index contributed by atoms with van der Waals surface area (Å²) in [6.45, 7) is 1.62. The van der Waals surface area contributed by atoms with Crippen LogP contribution in [0.2, 0.25) is 0 Å². The molecular formula is C6H10O2S. The smallest absolute Gasteiger partial charge is 0.161 e. The normalized spacial score (nSPS) is 49.7. The Kier molecular flexibility index (Phi) is 1.43. The Morgan fingerprint density at radius 3 is 3.00 bits per heavy atom. The van der Waals surface area contributed by atoms with Gasteiger partial charge in [-0.25, -0.2) is 0 Å². The van der Waals surface area contributed by atoms with Gasteiger partial charge in [0.2, 0.25) is 0 Å². The lowest BCUT2D eigenvalue weighted by Gasteiger charge is -2.06. The minimum atomic E-state index is 0.0764. The average Bonchev–Trinajstić information content (AvgIpc) is 2.35. The van der Waals surface area contributed by atoms with Crippen LogP contribution in [0.4, 0.5) is 0 Å². The molecule has 2 nitrogen and oxygen atoms in total. The first-order chi connectivity index (χ1) is 4.38. The summed E-state index contributed by atoms with van der Waals surface area (Å²) in [5.74, 6) is 0.563. The summed E-state index contributed by atoms with van der Waals surface area (Å²) in [5, 5.41) is 0.414. The van der Waals surface area contributed by atoms with Crippen molar-refractivity contribution in [2.75, 3.05) is 13.2 Å². The molecule has 0 bridgehead atoms. The van der Waals surface area contributed by atoms with Gasteiger partial charge in [0, 0.05) is 11.2 Å². The molecule has 2 rings (SSSR count). The standard InChI is InChI=1S/C6H10O2S/c9-5-3-8-6-4(5)1-2-7-6/h4-6,9H,1-3H2/t4-,5-,6+/m0/s1. The summed E-state index contributed by atoms with van der Waals surface area (Å²) in [6.07, 6.45) is 1.20. The van der Waals surface area contributed by atoms with Gasteiger partial charge in [0.1, 0.15) is 0 Å². The summed E-state index contributed by atoms with van der Waals surface area (Å²) in [7, 11) is 0. The Morgan fingerprint density at radius 2 is 2.22 bits per heavy atom. The molecule has 2 saturated heterocycles. The molecule has 0 radical (unpaired) electrons. The van der Waals surface area contributed by atoms with Crippen molar-refractivity contribution in [2.24, 2.45) is 5.92 Å². The van der Waals surface area contributed by atoms with Crippen molar-refractivity contribution < 1.29 is 9.47 Å². The summed E-state index contributed by atoms with van der Waals surface area (Å²) < 4.78 is 10.6. The summed E-state index contributed by atoms with van der Waals surface area (Å²) in [6, 6.07) is 0. The molecule has 52 valence electrons. The van der Waals surface area contributed by atoms with E-state index in [1.807, 2.05) is 0 Å². The molecule has 2 fully saturated rings. The molecule has 0 spiro atoms. The lowest BCUT2D eigenvalue weighted by atomic mass is 10.1. The molecule has 3 heteroatoms. The predicted molar refractivity (Wildman–Crippen MR) is 36.6 cm³/mol. The highest BCUT2D eigenvalue weighted by Crippen LogP contribution is 2.33. The van der Waals surface area contributed by atoms with Crippen LogP contribution in [-0.2, 0) is 9.47 Å². The van der Waals surface area contributed by atoms with Crippen LogP contribution in [0.15, 0.2) is 0 Å². The molecule has 0 N–H and O–H groups in total. The number of thiol groups is 1. The highest BCUT2D eigenvalue weighted by Gasteiger charge is 2.39. The maximum absolute atomic E-state index is 5.29. The average molecular weight is 146 g/mol. The third-order valence-electron chi connectivity index (χ3n) is 2.01. The first-order valence-corrected chi connectivity index (χ1v) is 3.81. The topological polar surface area (TPSA) is 18.5 Å². The van der Waals surface area contributed by atoms with Gasteiger partial charge in [-0.1, -0.05) is 0 Å². The molecule has 0 aliphatic carbocycles.